The summed E-state index contributed by atoms with van der Waals surface area (Å²) in [5.41, 5.74) is 6.13. The van der Waals surface area contributed by atoms with Gasteiger partial charge in [-0.2, -0.15) is 0 Å². The number of hydrogen-bond acceptors (Lipinski definition) is 5. The summed E-state index contributed by atoms with van der Waals surface area (Å²) in [5, 5.41) is 3.94. The zero-order chi connectivity index (χ0) is 17.3. The monoisotopic (exact) mass is 333 g/mol. The van der Waals surface area contributed by atoms with Gasteiger partial charge in [-0.1, -0.05) is 12.1 Å². The summed E-state index contributed by atoms with van der Waals surface area (Å²) in [4.78, 5) is 26.2. The minimum absolute atomic E-state index is 0.0207. The van der Waals surface area contributed by atoms with Crippen molar-refractivity contribution in [3.05, 3.63) is 17.5 Å². The molecule has 1 saturated heterocycles. The van der Waals surface area contributed by atoms with E-state index >= 15 is 0 Å². The van der Waals surface area contributed by atoms with Crippen molar-refractivity contribution >= 4 is 11.7 Å². The van der Waals surface area contributed by atoms with E-state index in [2.05, 4.69) is 12.1 Å². The fourth-order valence-corrected chi connectivity index (χ4v) is 3.52. The largest absolute Gasteiger partial charge is 0.360 e. The summed E-state index contributed by atoms with van der Waals surface area (Å²) in [7, 11) is 0. The maximum Gasteiger partial charge on any atom is 0.239 e. The number of Topliss-reactive ketones (excluding diaryl/α,β-unsaturated/α-hetero) is 1. The van der Waals surface area contributed by atoms with Crippen LogP contribution in [0.5, 0.6) is 0 Å². The van der Waals surface area contributed by atoms with Crippen LogP contribution in [0.25, 0.3) is 0 Å². The van der Waals surface area contributed by atoms with E-state index in [4.69, 9.17) is 10.3 Å². The molecule has 1 saturated carbocycles. The van der Waals surface area contributed by atoms with Crippen LogP contribution in [0.3, 0.4) is 0 Å². The Bertz CT molecular complexity index is 598. The molecular formula is C18H27N3O3. The minimum Gasteiger partial charge on any atom is -0.360 e. The molecule has 1 aliphatic carbocycles. The molecule has 2 fully saturated rings. The maximum atomic E-state index is 12.4. The van der Waals surface area contributed by atoms with Crippen molar-refractivity contribution < 1.29 is 14.1 Å². The molecule has 2 atom stereocenters. The van der Waals surface area contributed by atoms with E-state index in [0.29, 0.717) is 24.0 Å². The molecule has 6 heteroatoms. The van der Waals surface area contributed by atoms with Gasteiger partial charge in [-0.15, -0.1) is 0 Å². The number of carbonyl (C=O) groups excluding carboxylic acids is 2. The molecule has 1 unspecified atom stereocenters. The highest BCUT2D eigenvalue weighted by atomic mass is 16.5. The van der Waals surface area contributed by atoms with E-state index in [1.165, 1.54) is 0 Å². The molecule has 24 heavy (non-hydrogen) atoms. The Kier molecular flexibility index (Phi) is 5.04. The predicted molar refractivity (Wildman–Crippen MR) is 89.5 cm³/mol. The standard InChI is InChI=1S/C18H27N3O3/c1-11(13-5-7-21(8-6-13)18(23)12(2)19)9-16(22)15-10-17(24-20-15)14-3-4-14/h10-14H,3-9,19H2,1-2H3/t11?,12-/m1/s1. The molecule has 2 heterocycles. The third-order valence-corrected chi connectivity index (χ3v) is 5.35. The van der Waals surface area contributed by atoms with Gasteiger partial charge < -0.3 is 15.2 Å². The molecule has 2 N–H and O–H groups in total. The van der Waals surface area contributed by atoms with Crippen molar-refractivity contribution in [1.29, 1.82) is 0 Å². The number of rotatable bonds is 6. The number of carbonyl (C=O) groups is 2. The maximum absolute atomic E-state index is 12.4. The van der Waals surface area contributed by atoms with Crippen molar-refractivity contribution in [2.75, 3.05) is 13.1 Å². The summed E-state index contributed by atoms with van der Waals surface area (Å²) in [6.07, 6.45) is 4.62. The number of aromatic nitrogens is 1. The average Bonchev–Trinajstić information content (AvgIpc) is 3.31. The summed E-state index contributed by atoms with van der Waals surface area (Å²) in [5.74, 6) is 2.16. The van der Waals surface area contributed by atoms with Gasteiger partial charge in [0.25, 0.3) is 0 Å². The van der Waals surface area contributed by atoms with Gasteiger partial charge in [0.05, 0.1) is 6.04 Å². The van der Waals surface area contributed by atoms with Gasteiger partial charge in [0.2, 0.25) is 5.91 Å². The molecule has 132 valence electrons. The first-order valence-corrected chi connectivity index (χ1v) is 9.00. The number of ketones is 1. The topological polar surface area (TPSA) is 89.4 Å². The van der Waals surface area contributed by atoms with Crippen LogP contribution >= 0.6 is 0 Å². The van der Waals surface area contributed by atoms with Crippen molar-refractivity contribution in [2.45, 2.75) is 57.9 Å². The number of amides is 1. The van der Waals surface area contributed by atoms with Gasteiger partial charge in [-0.25, -0.2) is 0 Å². The van der Waals surface area contributed by atoms with Crippen molar-refractivity contribution in [3.8, 4) is 0 Å². The second-order valence-electron chi connectivity index (χ2n) is 7.44. The molecule has 0 bridgehead atoms. The molecule has 1 aliphatic heterocycles. The highest BCUT2D eigenvalue weighted by molar-refractivity contribution is 5.94. The Labute approximate surface area is 142 Å². The molecule has 1 aromatic heterocycles. The summed E-state index contributed by atoms with van der Waals surface area (Å²) in [6, 6.07) is 1.38. The lowest BCUT2D eigenvalue weighted by atomic mass is 9.82. The lowest BCUT2D eigenvalue weighted by Crippen LogP contribution is -2.46. The molecule has 2 aliphatic rings. The molecule has 0 spiro atoms. The van der Waals surface area contributed by atoms with E-state index in [0.717, 1.165) is 44.5 Å². The zero-order valence-corrected chi connectivity index (χ0v) is 14.5. The van der Waals surface area contributed by atoms with Crippen LogP contribution in [-0.4, -0.2) is 40.9 Å². The van der Waals surface area contributed by atoms with Crippen LogP contribution in [-0.2, 0) is 4.79 Å². The Morgan fingerprint density at radius 3 is 2.54 bits per heavy atom. The highest BCUT2D eigenvalue weighted by Gasteiger charge is 2.31. The van der Waals surface area contributed by atoms with Gasteiger partial charge in [0, 0.05) is 31.5 Å². The number of likely N-dealkylation sites (tertiary alicyclic amines) is 1. The quantitative estimate of drug-likeness (QED) is 0.807. The smallest absolute Gasteiger partial charge is 0.239 e. The molecular weight excluding hydrogens is 306 g/mol. The number of nitrogens with zero attached hydrogens (tertiary/aromatic N) is 2. The second kappa shape index (κ2) is 7.05. The predicted octanol–water partition coefficient (Wildman–Crippen LogP) is 2.35. The van der Waals surface area contributed by atoms with Crippen LogP contribution in [0.15, 0.2) is 10.6 Å². The van der Waals surface area contributed by atoms with Gasteiger partial charge in [0.15, 0.2) is 5.78 Å². The van der Waals surface area contributed by atoms with Crippen LogP contribution in [0.4, 0.5) is 0 Å². The molecule has 0 aromatic carbocycles. The zero-order valence-electron chi connectivity index (χ0n) is 14.5. The summed E-state index contributed by atoms with van der Waals surface area (Å²) in [6.45, 7) is 5.32. The Morgan fingerprint density at radius 2 is 1.96 bits per heavy atom. The van der Waals surface area contributed by atoms with Gasteiger partial charge in [-0.05, 0) is 44.4 Å². The Hall–Kier alpha value is -1.69. The molecule has 0 radical (unpaired) electrons. The van der Waals surface area contributed by atoms with Crippen LogP contribution in [0.2, 0.25) is 0 Å². The molecule has 3 rings (SSSR count). The van der Waals surface area contributed by atoms with Crippen LogP contribution in [0.1, 0.15) is 68.1 Å². The Balaban J connectivity index is 1.49. The SMILES string of the molecule is CC(CC(=O)c1cc(C2CC2)on1)C1CCN(C(=O)[C@@H](C)N)CC1. The molecule has 1 aromatic rings. The first-order valence-electron chi connectivity index (χ1n) is 9.00. The fourth-order valence-electron chi connectivity index (χ4n) is 3.52. The second-order valence-corrected chi connectivity index (χ2v) is 7.44. The van der Waals surface area contributed by atoms with Gasteiger partial charge in [0.1, 0.15) is 11.5 Å². The van der Waals surface area contributed by atoms with Crippen molar-refractivity contribution in [2.24, 2.45) is 17.6 Å². The lowest BCUT2D eigenvalue weighted by Gasteiger charge is -2.35. The Morgan fingerprint density at radius 1 is 1.29 bits per heavy atom. The minimum atomic E-state index is -0.437. The first-order chi connectivity index (χ1) is 11.5. The molecule has 6 nitrogen and oxygen atoms in total. The summed E-state index contributed by atoms with van der Waals surface area (Å²) >= 11 is 0. The lowest BCUT2D eigenvalue weighted by molar-refractivity contribution is -0.133. The summed E-state index contributed by atoms with van der Waals surface area (Å²) < 4.78 is 5.27. The van der Waals surface area contributed by atoms with Gasteiger partial charge in [-0.3, -0.25) is 9.59 Å². The normalized spacial score (nSPS) is 21.5. The van der Waals surface area contributed by atoms with Crippen molar-refractivity contribution in [3.63, 3.8) is 0 Å². The van der Waals surface area contributed by atoms with Gasteiger partial charge >= 0.3 is 0 Å². The van der Waals surface area contributed by atoms with Crippen LogP contribution < -0.4 is 5.73 Å². The van der Waals surface area contributed by atoms with E-state index in [1.807, 2.05) is 11.0 Å². The van der Waals surface area contributed by atoms with E-state index in [-0.39, 0.29) is 17.6 Å². The van der Waals surface area contributed by atoms with Crippen LogP contribution in [0, 0.1) is 11.8 Å². The third-order valence-electron chi connectivity index (χ3n) is 5.35. The highest BCUT2D eigenvalue weighted by Crippen LogP contribution is 2.40. The van der Waals surface area contributed by atoms with E-state index in [1.54, 1.807) is 6.92 Å². The average molecular weight is 333 g/mol. The third kappa shape index (κ3) is 3.86. The number of hydrogen-bond donors (Lipinski definition) is 1. The van der Waals surface area contributed by atoms with E-state index in [9.17, 15) is 9.59 Å². The number of piperidine rings is 1. The van der Waals surface area contributed by atoms with Crippen molar-refractivity contribution in [1.82, 2.24) is 10.1 Å². The number of nitrogens with two attached hydrogens (primary N) is 1. The van der Waals surface area contributed by atoms with E-state index < -0.39 is 6.04 Å². The fraction of sp³-hybridized carbons (Fsp3) is 0.722. The first kappa shape index (κ1) is 17.1. The molecule has 1 amide bonds.